The third-order valence-corrected chi connectivity index (χ3v) is 7.49. The van der Waals surface area contributed by atoms with Crippen molar-refractivity contribution in [3.63, 3.8) is 0 Å². The Morgan fingerprint density at radius 2 is 1.80 bits per heavy atom. The van der Waals surface area contributed by atoms with Crippen molar-refractivity contribution in [2.75, 3.05) is 24.6 Å². The smallest absolute Gasteiger partial charge is 0.315 e. The second kappa shape index (κ2) is 11.9. The molecule has 0 bridgehead atoms. The van der Waals surface area contributed by atoms with Gasteiger partial charge in [-0.25, -0.2) is 13.8 Å². The Hall–Kier alpha value is -5.01. The van der Waals surface area contributed by atoms with Gasteiger partial charge in [0, 0.05) is 43.3 Å². The summed E-state index contributed by atoms with van der Waals surface area (Å²) in [5.41, 5.74) is 4.85. The van der Waals surface area contributed by atoms with E-state index in [-0.39, 0.29) is 54.1 Å². The lowest BCUT2D eigenvalue weighted by Crippen LogP contribution is -2.41. The maximum absolute atomic E-state index is 15.5. The van der Waals surface area contributed by atoms with Crippen LogP contribution in [0.2, 0.25) is 0 Å². The van der Waals surface area contributed by atoms with Gasteiger partial charge in [0.15, 0.2) is 11.6 Å². The standard InChI is InChI=1S/C31H27F2N5O6/c32-18-1-3-19(4-2-18)38(30(41)31(8-9-31)29(34)40)20-5-6-26(23(33)13-20)43-25-7-10-36-24-15-27(37-17-22(24)25)44-28(39)14-21-16-35-11-12-42-21/h1-7,10,13,15,17,21,35H,8-9,11-12,14,16H2,(H2,34,40)/t21-/m0/s1. The fourth-order valence-electron chi connectivity index (χ4n) is 4.95. The number of morpholine rings is 1. The number of benzene rings is 2. The molecular formula is C31H27F2N5O6. The van der Waals surface area contributed by atoms with Gasteiger partial charge in [-0.15, -0.1) is 0 Å². The van der Waals surface area contributed by atoms with Crippen molar-refractivity contribution in [2.24, 2.45) is 11.1 Å². The van der Waals surface area contributed by atoms with E-state index in [0.717, 1.165) is 29.6 Å². The Labute approximate surface area is 249 Å². The van der Waals surface area contributed by atoms with E-state index in [4.69, 9.17) is 19.9 Å². The number of amides is 2. The summed E-state index contributed by atoms with van der Waals surface area (Å²) in [7, 11) is 0. The number of anilines is 2. The van der Waals surface area contributed by atoms with E-state index in [9.17, 15) is 18.8 Å². The molecular weight excluding hydrogens is 576 g/mol. The number of nitrogens with zero attached hydrogens (tertiary/aromatic N) is 3. The maximum Gasteiger partial charge on any atom is 0.315 e. The van der Waals surface area contributed by atoms with Gasteiger partial charge in [-0.05, 0) is 55.3 Å². The Kier molecular flexibility index (Phi) is 7.89. The normalized spacial score (nSPS) is 17.1. The van der Waals surface area contributed by atoms with Crippen molar-refractivity contribution >= 4 is 40.1 Å². The molecule has 3 N–H and O–H groups in total. The molecule has 0 unspecified atom stereocenters. The summed E-state index contributed by atoms with van der Waals surface area (Å²) in [6, 6.07) is 11.9. The molecule has 1 atom stereocenters. The molecule has 4 aromatic rings. The van der Waals surface area contributed by atoms with Crippen LogP contribution in [0.4, 0.5) is 20.2 Å². The van der Waals surface area contributed by atoms with Crippen molar-refractivity contribution in [1.29, 1.82) is 0 Å². The number of primary amides is 1. The number of hydrogen-bond donors (Lipinski definition) is 2. The molecule has 2 aromatic heterocycles. The minimum absolute atomic E-state index is 0.0430. The van der Waals surface area contributed by atoms with Crippen molar-refractivity contribution < 1.29 is 37.4 Å². The van der Waals surface area contributed by atoms with E-state index in [0.29, 0.717) is 24.1 Å². The van der Waals surface area contributed by atoms with Gasteiger partial charge >= 0.3 is 5.97 Å². The van der Waals surface area contributed by atoms with E-state index in [2.05, 4.69) is 15.3 Å². The summed E-state index contributed by atoms with van der Waals surface area (Å²) >= 11 is 0. The lowest BCUT2D eigenvalue weighted by atomic mass is 10.0. The molecule has 2 aliphatic rings. The number of hydrogen-bond acceptors (Lipinski definition) is 9. The van der Waals surface area contributed by atoms with Crippen molar-refractivity contribution in [3.8, 4) is 17.4 Å². The third-order valence-electron chi connectivity index (χ3n) is 7.49. The van der Waals surface area contributed by atoms with Crippen LogP contribution in [-0.4, -0.2) is 53.6 Å². The summed E-state index contributed by atoms with van der Waals surface area (Å²) in [6.07, 6.45) is 3.16. The first-order valence-electron chi connectivity index (χ1n) is 13.9. The summed E-state index contributed by atoms with van der Waals surface area (Å²) in [5, 5.41) is 3.57. The highest BCUT2D eigenvalue weighted by molar-refractivity contribution is 6.16. The molecule has 0 spiro atoms. The predicted molar refractivity (Wildman–Crippen MR) is 153 cm³/mol. The number of carbonyl (C=O) groups excluding carboxylic acids is 3. The summed E-state index contributed by atoms with van der Waals surface area (Å²) in [4.78, 5) is 47.6. The van der Waals surface area contributed by atoms with Gasteiger partial charge in [0.1, 0.15) is 17.0 Å². The highest BCUT2D eigenvalue weighted by Gasteiger charge is 2.57. The van der Waals surface area contributed by atoms with E-state index >= 15 is 4.39 Å². The van der Waals surface area contributed by atoms with Gasteiger partial charge in [0.2, 0.25) is 17.7 Å². The zero-order valence-corrected chi connectivity index (χ0v) is 23.3. The monoisotopic (exact) mass is 603 g/mol. The molecule has 1 saturated heterocycles. The summed E-state index contributed by atoms with van der Waals surface area (Å²) in [6.45, 7) is 1.80. The van der Waals surface area contributed by atoms with Gasteiger partial charge in [0.25, 0.3) is 0 Å². The zero-order chi connectivity index (χ0) is 30.8. The number of nitrogens with one attached hydrogen (secondary N) is 1. The minimum Gasteiger partial charge on any atom is -0.453 e. The van der Waals surface area contributed by atoms with Crippen molar-refractivity contribution in [3.05, 3.63) is 78.6 Å². The van der Waals surface area contributed by atoms with Crippen LogP contribution < -0.4 is 25.4 Å². The van der Waals surface area contributed by atoms with E-state index in [1.165, 1.54) is 48.8 Å². The number of nitrogens with two attached hydrogens (primary N) is 1. The summed E-state index contributed by atoms with van der Waals surface area (Å²) in [5.74, 6) is -3.14. The van der Waals surface area contributed by atoms with E-state index in [1.807, 2.05) is 0 Å². The topological polar surface area (TPSA) is 146 Å². The highest BCUT2D eigenvalue weighted by Crippen LogP contribution is 2.49. The molecule has 2 aromatic carbocycles. The second-order valence-corrected chi connectivity index (χ2v) is 10.5. The lowest BCUT2D eigenvalue weighted by molar-refractivity contribution is -0.138. The average molecular weight is 604 g/mol. The molecule has 44 heavy (non-hydrogen) atoms. The third kappa shape index (κ3) is 5.92. The maximum atomic E-state index is 15.5. The number of fused-ring (bicyclic) bond motifs is 1. The SMILES string of the molecule is NC(=O)C1(C(=O)N(c2ccc(F)cc2)c2ccc(Oc3ccnc4cc(OC(=O)C[C@H]5CNCCO5)ncc34)c(F)c2)CC1. The van der Waals surface area contributed by atoms with Gasteiger partial charge < -0.3 is 25.3 Å². The molecule has 2 amide bonds. The molecule has 1 saturated carbocycles. The lowest BCUT2D eigenvalue weighted by Gasteiger charge is -2.26. The van der Waals surface area contributed by atoms with Crippen LogP contribution in [0.25, 0.3) is 10.9 Å². The molecule has 0 radical (unpaired) electrons. The van der Waals surface area contributed by atoms with Gasteiger partial charge in [-0.3, -0.25) is 24.3 Å². The average Bonchev–Trinajstić information content (AvgIpc) is 3.83. The number of rotatable bonds is 9. The minimum atomic E-state index is -1.41. The number of aromatic nitrogens is 2. The number of carbonyl (C=O) groups is 3. The Balaban J connectivity index is 1.23. The molecule has 3 heterocycles. The van der Waals surface area contributed by atoms with E-state index < -0.39 is 34.8 Å². The molecule has 226 valence electrons. The second-order valence-electron chi connectivity index (χ2n) is 10.5. The fourth-order valence-corrected chi connectivity index (χ4v) is 4.95. The number of halogens is 2. The number of pyridine rings is 2. The van der Waals surface area contributed by atoms with Gasteiger partial charge in [-0.2, -0.15) is 0 Å². The highest BCUT2D eigenvalue weighted by atomic mass is 19.1. The Morgan fingerprint density at radius 1 is 1.02 bits per heavy atom. The zero-order valence-electron chi connectivity index (χ0n) is 23.3. The fraction of sp³-hybridized carbons (Fsp3) is 0.258. The van der Waals surface area contributed by atoms with Gasteiger partial charge in [0.05, 0.1) is 35.7 Å². The van der Waals surface area contributed by atoms with Gasteiger partial charge in [-0.1, -0.05) is 0 Å². The van der Waals surface area contributed by atoms with Crippen LogP contribution in [0.3, 0.4) is 0 Å². The molecule has 2 fully saturated rings. The van der Waals surface area contributed by atoms with Crippen LogP contribution >= 0.6 is 0 Å². The first-order valence-corrected chi connectivity index (χ1v) is 13.9. The quantitative estimate of drug-likeness (QED) is 0.215. The van der Waals surface area contributed by atoms with Crippen LogP contribution in [0, 0.1) is 17.0 Å². The molecule has 11 nitrogen and oxygen atoms in total. The molecule has 13 heteroatoms. The van der Waals surface area contributed by atoms with Crippen molar-refractivity contribution in [1.82, 2.24) is 15.3 Å². The summed E-state index contributed by atoms with van der Waals surface area (Å²) < 4.78 is 45.9. The van der Waals surface area contributed by atoms with Crippen molar-refractivity contribution in [2.45, 2.75) is 25.4 Å². The largest absolute Gasteiger partial charge is 0.453 e. The van der Waals surface area contributed by atoms with E-state index in [1.54, 1.807) is 0 Å². The van der Waals surface area contributed by atoms with Crippen LogP contribution in [0.1, 0.15) is 19.3 Å². The number of esters is 1. The number of ether oxygens (including phenoxy) is 3. The Bertz CT molecular complexity index is 1740. The van der Waals surface area contributed by atoms with Crippen LogP contribution in [0.5, 0.6) is 17.4 Å². The molecule has 6 rings (SSSR count). The predicted octanol–water partition coefficient (Wildman–Crippen LogP) is 3.91. The first-order chi connectivity index (χ1) is 21.2. The first kappa shape index (κ1) is 29.1. The van der Waals surface area contributed by atoms with Crippen LogP contribution in [-0.2, 0) is 19.1 Å². The van der Waals surface area contributed by atoms with Crippen LogP contribution in [0.15, 0.2) is 67.0 Å². The molecule has 1 aliphatic heterocycles. The Morgan fingerprint density at radius 3 is 2.48 bits per heavy atom. The molecule has 1 aliphatic carbocycles.